The van der Waals surface area contributed by atoms with Gasteiger partial charge in [0.1, 0.15) is 23.7 Å². The molecule has 5 atom stereocenters. The van der Waals surface area contributed by atoms with Gasteiger partial charge in [-0.15, -0.1) is 0 Å². The van der Waals surface area contributed by atoms with Gasteiger partial charge in [-0.25, -0.2) is 0 Å². The number of thioether (sulfide) groups is 1. The number of aliphatic hydroxyl groups is 3. The van der Waals surface area contributed by atoms with Crippen LogP contribution in [0.1, 0.15) is 0 Å². The van der Waals surface area contributed by atoms with Crippen molar-refractivity contribution in [1.29, 1.82) is 0 Å². The summed E-state index contributed by atoms with van der Waals surface area (Å²) in [5.74, 6) is 0. The number of fused-ring (bicyclic) bond motifs is 1. The van der Waals surface area contributed by atoms with Crippen LogP contribution in [0.4, 0.5) is 0 Å². The van der Waals surface area contributed by atoms with E-state index in [4.69, 9.17) is 9.84 Å². The van der Waals surface area contributed by atoms with Gasteiger partial charge in [0.25, 0.3) is 0 Å². The monoisotopic (exact) mass is 234 g/mol. The van der Waals surface area contributed by atoms with E-state index in [0.717, 1.165) is 0 Å². The predicted octanol–water partition coefficient (Wildman–Crippen LogP) is -1.88. The van der Waals surface area contributed by atoms with Crippen LogP contribution in [-0.2, 0) is 4.74 Å². The molecule has 2 aliphatic rings. The molecule has 0 bridgehead atoms. The maximum atomic E-state index is 9.79. The van der Waals surface area contributed by atoms with Gasteiger partial charge in [0, 0.05) is 7.05 Å². The van der Waals surface area contributed by atoms with Gasteiger partial charge in [0.2, 0.25) is 0 Å². The fourth-order valence-corrected chi connectivity index (χ4v) is 2.84. The van der Waals surface area contributed by atoms with Gasteiger partial charge in [-0.1, -0.05) is 11.8 Å². The molecular formula is C8H14N2O4S. The molecule has 6 nitrogen and oxygen atoms in total. The zero-order valence-corrected chi connectivity index (χ0v) is 9.02. The lowest BCUT2D eigenvalue weighted by atomic mass is 9.98. The van der Waals surface area contributed by atoms with Gasteiger partial charge in [-0.3, -0.25) is 4.99 Å². The summed E-state index contributed by atoms with van der Waals surface area (Å²) in [6, 6.07) is -0.369. The molecule has 0 aromatic rings. The number of amidine groups is 1. The molecule has 7 heteroatoms. The van der Waals surface area contributed by atoms with Crippen molar-refractivity contribution in [1.82, 2.24) is 5.32 Å². The number of ether oxygens (including phenoxy) is 1. The number of nitrogens with zero attached hydrogens (tertiary/aromatic N) is 1. The first-order valence-corrected chi connectivity index (χ1v) is 5.57. The molecule has 2 unspecified atom stereocenters. The van der Waals surface area contributed by atoms with Crippen molar-refractivity contribution in [2.75, 3.05) is 13.7 Å². The topological polar surface area (TPSA) is 94.3 Å². The van der Waals surface area contributed by atoms with Crippen LogP contribution in [0.5, 0.6) is 0 Å². The van der Waals surface area contributed by atoms with Crippen LogP contribution >= 0.6 is 11.8 Å². The minimum atomic E-state index is -1.07. The predicted molar refractivity (Wildman–Crippen MR) is 55.6 cm³/mol. The number of nitrogens with one attached hydrogen (secondary N) is 1. The van der Waals surface area contributed by atoms with Gasteiger partial charge >= 0.3 is 0 Å². The van der Waals surface area contributed by atoms with E-state index in [1.165, 1.54) is 11.8 Å². The summed E-state index contributed by atoms with van der Waals surface area (Å²) in [6.07, 6.45) is -2.75. The van der Waals surface area contributed by atoms with E-state index in [9.17, 15) is 10.2 Å². The standard InChI is InChI=1S/C8H14N2O4S/c1-9-8-10-4-6(13)5(12)3(2-11)14-7(4)15-8/h3-7,11-13H,2H2,1H3,(H,9,10)/t3?,4-,5-,6?,7-/m1/s1. The number of hydrogen-bond donors (Lipinski definition) is 4. The molecule has 4 N–H and O–H groups in total. The number of rotatable bonds is 1. The lowest BCUT2D eigenvalue weighted by Crippen LogP contribution is -2.59. The summed E-state index contributed by atoms with van der Waals surface area (Å²) in [5.41, 5.74) is -0.306. The molecule has 2 fully saturated rings. The Bertz CT molecular complexity index is 275. The Morgan fingerprint density at radius 2 is 2.20 bits per heavy atom. The molecule has 2 rings (SSSR count). The first-order valence-electron chi connectivity index (χ1n) is 4.69. The van der Waals surface area contributed by atoms with Crippen LogP contribution in [0.15, 0.2) is 4.99 Å². The van der Waals surface area contributed by atoms with Crippen molar-refractivity contribution >= 4 is 16.9 Å². The highest BCUT2D eigenvalue weighted by Crippen LogP contribution is 2.33. The van der Waals surface area contributed by atoms with Crippen molar-refractivity contribution in [2.24, 2.45) is 4.99 Å². The fourth-order valence-electron chi connectivity index (χ4n) is 1.74. The maximum absolute atomic E-state index is 9.79. The minimum absolute atomic E-state index is 0.305. The molecule has 2 saturated heterocycles. The highest BCUT2D eigenvalue weighted by molar-refractivity contribution is 8.14. The van der Waals surface area contributed by atoms with Gasteiger partial charge in [0.15, 0.2) is 5.17 Å². The van der Waals surface area contributed by atoms with E-state index in [1.54, 1.807) is 7.05 Å². The molecule has 15 heavy (non-hydrogen) atoms. The van der Waals surface area contributed by atoms with E-state index in [2.05, 4.69) is 10.3 Å². The van der Waals surface area contributed by atoms with Crippen LogP contribution in [0.25, 0.3) is 0 Å². The van der Waals surface area contributed by atoms with E-state index in [-0.39, 0.29) is 18.1 Å². The van der Waals surface area contributed by atoms with E-state index < -0.39 is 18.3 Å². The third kappa shape index (κ3) is 1.85. The van der Waals surface area contributed by atoms with E-state index in [1.807, 2.05) is 0 Å². The fraction of sp³-hybridized carbons (Fsp3) is 0.875. The summed E-state index contributed by atoms with van der Waals surface area (Å²) in [6.45, 7) is -0.305. The maximum Gasteiger partial charge on any atom is 0.159 e. The second-order valence-electron chi connectivity index (χ2n) is 3.52. The van der Waals surface area contributed by atoms with Gasteiger partial charge in [-0.2, -0.15) is 0 Å². The van der Waals surface area contributed by atoms with Crippen molar-refractivity contribution in [2.45, 2.75) is 29.8 Å². The number of aliphatic hydroxyl groups excluding tert-OH is 3. The molecule has 2 aliphatic heterocycles. The highest BCUT2D eigenvalue weighted by Gasteiger charge is 2.48. The smallest absolute Gasteiger partial charge is 0.159 e. The molecule has 0 spiro atoms. The largest absolute Gasteiger partial charge is 0.394 e. The second kappa shape index (κ2) is 4.26. The average Bonchev–Trinajstić information content (AvgIpc) is 2.66. The van der Waals surface area contributed by atoms with Crippen molar-refractivity contribution in [3.05, 3.63) is 0 Å². The lowest BCUT2D eigenvalue weighted by Gasteiger charge is -2.38. The van der Waals surface area contributed by atoms with Crippen LogP contribution < -0.4 is 5.32 Å². The Labute approximate surface area is 91.3 Å². The highest BCUT2D eigenvalue weighted by atomic mass is 32.2. The Morgan fingerprint density at radius 1 is 1.47 bits per heavy atom. The third-order valence-electron chi connectivity index (χ3n) is 2.60. The summed E-state index contributed by atoms with van der Waals surface area (Å²) in [4.78, 5) is 3.96. The Hall–Kier alpha value is -0.340. The summed E-state index contributed by atoms with van der Waals surface area (Å²) < 4.78 is 5.43. The van der Waals surface area contributed by atoms with E-state index in [0.29, 0.717) is 5.17 Å². The van der Waals surface area contributed by atoms with Crippen LogP contribution in [-0.4, -0.2) is 63.9 Å². The zero-order chi connectivity index (χ0) is 11.0. The molecule has 2 heterocycles. The number of hydrogen-bond acceptors (Lipinski definition) is 6. The van der Waals surface area contributed by atoms with Gasteiger partial charge < -0.3 is 25.4 Å². The van der Waals surface area contributed by atoms with Crippen molar-refractivity contribution in [3.63, 3.8) is 0 Å². The molecule has 0 aromatic carbocycles. The zero-order valence-electron chi connectivity index (χ0n) is 8.20. The van der Waals surface area contributed by atoms with Crippen LogP contribution in [0.2, 0.25) is 0 Å². The molecule has 0 aliphatic carbocycles. The quantitative estimate of drug-likeness (QED) is 0.424. The minimum Gasteiger partial charge on any atom is -0.394 e. The Balaban J connectivity index is 2.13. The lowest BCUT2D eigenvalue weighted by molar-refractivity contribution is -0.167. The Kier molecular flexibility index (Phi) is 3.17. The van der Waals surface area contributed by atoms with Gasteiger partial charge in [0.05, 0.1) is 12.6 Å². The van der Waals surface area contributed by atoms with Crippen molar-refractivity contribution < 1.29 is 20.1 Å². The first-order chi connectivity index (χ1) is 7.17. The first kappa shape index (κ1) is 11.2. The molecule has 0 radical (unpaired) electrons. The van der Waals surface area contributed by atoms with Crippen LogP contribution in [0, 0.1) is 0 Å². The second-order valence-corrected chi connectivity index (χ2v) is 4.61. The SMILES string of the molecule is CN=C1N[C@@H]2C(O)[C@H](O)C(CO)O[C@@H]2S1. The average molecular weight is 234 g/mol. The third-order valence-corrected chi connectivity index (χ3v) is 3.76. The molecule has 0 saturated carbocycles. The molecule has 0 amide bonds. The Morgan fingerprint density at radius 3 is 2.80 bits per heavy atom. The van der Waals surface area contributed by atoms with Gasteiger partial charge in [-0.05, 0) is 0 Å². The molecule has 86 valence electrons. The summed E-state index contributed by atoms with van der Waals surface area (Å²) >= 11 is 1.35. The summed E-state index contributed by atoms with van der Waals surface area (Å²) in [7, 11) is 1.64. The molecular weight excluding hydrogens is 220 g/mol. The summed E-state index contributed by atoms with van der Waals surface area (Å²) in [5, 5.41) is 32.0. The van der Waals surface area contributed by atoms with Crippen molar-refractivity contribution in [3.8, 4) is 0 Å². The molecule has 0 aromatic heterocycles. The number of aliphatic imine (C=N–C) groups is 1. The normalized spacial score (nSPS) is 47.7. The van der Waals surface area contributed by atoms with E-state index >= 15 is 0 Å². The van der Waals surface area contributed by atoms with Crippen LogP contribution in [0.3, 0.4) is 0 Å².